The van der Waals surface area contributed by atoms with E-state index in [1.165, 1.54) is 0 Å². The first-order valence-corrected chi connectivity index (χ1v) is 5.00. The van der Waals surface area contributed by atoms with Crippen LogP contribution in [0.2, 0.25) is 0 Å². The predicted molar refractivity (Wildman–Crippen MR) is 39.9 cm³/mol. The summed E-state index contributed by atoms with van der Waals surface area (Å²) in [6.45, 7) is 3.34. The van der Waals surface area contributed by atoms with Crippen LogP contribution < -0.4 is 0 Å². The first-order valence-electron chi connectivity index (χ1n) is 2.80. The van der Waals surface area contributed by atoms with Gasteiger partial charge in [0.2, 0.25) is 4.34 Å². The number of hydrogen-bond donors (Lipinski definition) is 0. The van der Waals surface area contributed by atoms with Gasteiger partial charge in [0, 0.05) is 4.88 Å². The lowest BCUT2D eigenvalue weighted by Crippen LogP contribution is -1.89. The van der Waals surface area contributed by atoms with Gasteiger partial charge in [-0.1, -0.05) is 3.89 Å². The van der Waals surface area contributed by atoms with Crippen LogP contribution in [0.25, 0.3) is 0 Å². The summed E-state index contributed by atoms with van der Waals surface area (Å²) in [4.78, 5) is 4.26. The summed E-state index contributed by atoms with van der Waals surface area (Å²) in [6, 6.07) is 0. The van der Waals surface area contributed by atoms with Crippen molar-refractivity contribution in [1.29, 1.82) is 0 Å². The molecule has 0 aliphatic carbocycles. The van der Waals surface area contributed by atoms with Crippen molar-refractivity contribution >= 4 is 21.6 Å². The molecule has 0 saturated carbocycles. The molecule has 0 spiro atoms. The Kier molecular flexibility index (Phi) is 1.98. The van der Waals surface area contributed by atoms with Gasteiger partial charge in [-0.3, -0.25) is 0 Å². The van der Waals surface area contributed by atoms with E-state index in [9.17, 15) is 12.3 Å². The molecule has 0 atom stereocenters. The lowest BCUT2D eigenvalue weighted by molar-refractivity contribution is 0.551. The van der Waals surface area contributed by atoms with Gasteiger partial charge in [-0.05, 0) is 13.8 Å². The Morgan fingerprint density at radius 3 is 2.18 bits per heavy atom. The lowest BCUT2D eigenvalue weighted by atomic mass is 10.4. The predicted octanol–water partition coefficient (Wildman–Crippen LogP) is 1.42. The Labute approximate surface area is 68.1 Å². The maximum atomic E-state index is 12.2. The van der Waals surface area contributed by atoms with Crippen molar-refractivity contribution in [3.8, 4) is 0 Å². The summed E-state index contributed by atoms with van der Waals surface area (Å²) >= 11 is 0.847. The zero-order valence-electron chi connectivity index (χ0n) is 5.96. The molecule has 0 saturated heterocycles. The molecule has 1 rings (SSSR count). The molecular formula is C5H6FNO2S2. The van der Waals surface area contributed by atoms with E-state index in [2.05, 4.69) is 4.98 Å². The van der Waals surface area contributed by atoms with Crippen LogP contribution in [0, 0.1) is 13.8 Å². The molecule has 0 aliphatic rings. The molecule has 6 heteroatoms. The minimum absolute atomic E-state index is 0.451. The molecule has 0 bridgehead atoms. The highest BCUT2D eigenvalue weighted by atomic mass is 32.3. The Morgan fingerprint density at radius 1 is 1.45 bits per heavy atom. The van der Waals surface area contributed by atoms with Crippen LogP contribution in [0.3, 0.4) is 0 Å². The first-order chi connectivity index (χ1) is 4.91. The van der Waals surface area contributed by atoms with Crippen LogP contribution in [0.15, 0.2) is 4.34 Å². The van der Waals surface area contributed by atoms with E-state index in [1.54, 1.807) is 13.8 Å². The largest absolute Gasteiger partial charge is 0.359 e. The number of aryl methyl sites for hydroxylation is 2. The van der Waals surface area contributed by atoms with Crippen molar-refractivity contribution in [3.05, 3.63) is 10.6 Å². The molecule has 0 aromatic carbocycles. The summed E-state index contributed by atoms with van der Waals surface area (Å²) in [5, 5.41) is 0. The zero-order chi connectivity index (χ0) is 8.65. The van der Waals surface area contributed by atoms with Crippen LogP contribution in [-0.4, -0.2) is 13.4 Å². The molecule has 62 valence electrons. The highest BCUT2D eigenvalue weighted by Crippen LogP contribution is 2.22. The van der Waals surface area contributed by atoms with Gasteiger partial charge in [0.15, 0.2) is 0 Å². The van der Waals surface area contributed by atoms with Crippen molar-refractivity contribution in [1.82, 2.24) is 4.98 Å². The number of aromatic nitrogens is 1. The number of rotatable bonds is 1. The maximum absolute atomic E-state index is 12.2. The van der Waals surface area contributed by atoms with Gasteiger partial charge < -0.3 is 0 Å². The van der Waals surface area contributed by atoms with Crippen molar-refractivity contribution < 1.29 is 12.3 Å². The molecule has 1 aromatic rings. The SMILES string of the molecule is Cc1nc(S(=O)(=O)F)sc1C. The van der Waals surface area contributed by atoms with Crippen LogP contribution in [0.5, 0.6) is 0 Å². The molecule has 0 fully saturated rings. The second-order valence-corrected chi connectivity index (χ2v) is 4.78. The molecule has 0 N–H and O–H groups in total. The van der Waals surface area contributed by atoms with E-state index >= 15 is 0 Å². The molecule has 3 nitrogen and oxygen atoms in total. The summed E-state index contributed by atoms with van der Waals surface area (Å²) in [6.07, 6.45) is 0. The van der Waals surface area contributed by atoms with Crippen LogP contribution in [0.1, 0.15) is 10.6 Å². The van der Waals surface area contributed by atoms with Crippen LogP contribution in [-0.2, 0) is 10.2 Å². The molecule has 0 amide bonds. The highest BCUT2D eigenvalue weighted by Gasteiger charge is 2.17. The van der Waals surface area contributed by atoms with E-state index in [-0.39, 0.29) is 0 Å². The van der Waals surface area contributed by atoms with Gasteiger partial charge in [-0.2, -0.15) is 8.42 Å². The minimum atomic E-state index is -4.60. The zero-order valence-corrected chi connectivity index (χ0v) is 7.59. The van der Waals surface area contributed by atoms with E-state index in [1.807, 2.05) is 0 Å². The second kappa shape index (κ2) is 2.53. The molecular weight excluding hydrogens is 189 g/mol. The average Bonchev–Trinajstić information content (AvgIpc) is 2.11. The summed E-state index contributed by atoms with van der Waals surface area (Å²) in [5.41, 5.74) is 0.561. The van der Waals surface area contributed by atoms with Crippen LogP contribution >= 0.6 is 11.3 Å². The smallest absolute Gasteiger partial charge is 0.228 e. The van der Waals surface area contributed by atoms with E-state index in [4.69, 9.17) is 0 Å². The first kappa shape index (κ1) is 8.61. The van der Waals surface area contributed by atoms with Gasteiger partial charge in [-0.25, -0.2) is 4.98 Å². The third-order valence-electron chi connectivity index (χ3n) is 1.22. The molecule has 11 heavy (non-hydrogen) atoms. The van der Waals surface area contributed by atoms with Crippen molar-refractivity contribution in [3.63, 3.8) is 0 Å². The number of nitrogens with zero attached hydrogens (tertiary/aromatic N) is 1. The summed E-state index contributed by atoms with van der Waals surface area (Å²) < 4.78 is 32.3. The molecule has 0 radical (unpaired) electrons. The van der Waals surface area contributed by atoms with Gasteiger partial charge in [0.25, 0.3) is 0 Å². The fraction of sp³-hybridized carbons (Fsp3) is 0.400. The van der Waals surface area contributed by atoms with Gasteiger partial charge in [0.05, 0.1) is 5.69 Å². The molecule has 1 heterocycles. The van der Waals surface area contributed by atoms with E-state index in [0.29, 0.717) is 5.69 Å². The Morgan fingerprint density at radius 2 is 2.00 bits per heavy atom. The molecule has 0 aliphatic heterocycles. The van der Waals surface area contributed by atoms with Crippen molar-refractivity contribution in [2.75, 3.05) is 0 Å². The summed E-state index contributed by atoms with van der Waals surface area (Å²) in [5.74, 6) is 0. The Balaban J connectivity index is 3.29. The molecule has 1 aromatic heterocycles. The Hall–Kier alpha value is -0.490. The number of thiazole rings is 1. The third kappa shape index (κ3) is 1.75. The number of halogens is 1. The standard InChI is InChI=1S/C5H6FNO2S2/c1-3-4(2)10-5(7-3)11(6,8)9/h1-2H3. The monoisotopic (exact) mass is 195 g/mol. The normalized spacial score (nSPS) is 11.9. The topological polar surface area (TPSA) is 47.0 Å². The van der Waals surface area contributed by atoms with E-state index < -0.39 is 14.6 Å². The Bertz CT molecular complexity index is 348. The minimum Gasteiger partial charge on any atom is -0.228 e. The highest BCUT2D eigenvalue weighted by molar-refractivity contribution is 7.88. The fourth-order valence-electron chi connectivity index (χ4n) is 0.548. The van der Waals surface area contributed by atoms with Crippen LogP contribution in [0.4, 0.5) is 3.89 Å². The average molecular weight is 195 g/mol. The van der Waals surface area contributed by atoms with Gasteiger partial charge >= 0.3 is 10.2 Å². The third-order valence-corrected chi connectivity index (χ3v) is 3.44. The quantitative estimate of drug-likeness (QED) is 0.637. The van der Waals surface area contributed by atoms with E-state index in [0.717, 1.165) is 16.2 Å². The second-order valence-electron chi connectivity index (χ2n) is 2.06. The molecule has 0 unspecified atom stereocenters. The number of hydrogen-bond acceptors (Lipinski definition) is 4. The van der Waals surface area contributed by atoms with Gasteiger partial charge in [0.1, 0.15) is 0 Å². The summed E-state index contributed by atoms with van der Waals surface area (Å²) in [7, 11) is -4.60. The fourth-order valence-corrected chi connectivity index (χ4v) is 2.20. The maximum Gasteiger partial charge on any atom is 0.359 e. The lowest BCUT2D eigenvalue weighted by Gasteiger charge is -1.81. The van der Waals surface area contributed by atoms with Crippen molar-refractivity contribution in [2.45, 2.75) is 18.2 Å². The van der Waals surface area contributed by atoms with Gasteiger partial charge in [-0.15, -0.1) is 11.3 Å². The van der Waals surface area contributed by atoms with Crippen molar-refractivity contribution in [2.24, 2.45) is 0 Å².